The van der Waals surface area contributed by atoms with Crippen LogP contribution in [0.4, 0.5) is 0 Å². The van der Waals surface area contributed by atoms with Gasteiger partial charge in [0.25, 0.3) is 0 Å². The van der Waals surface area contributed by atoms with Crippen LogP contribution in [0.2, 0.25) is 0 Å². The molecule has 0 saturated heterocycles. The van der Waals surface area contributed by atoms with E-state index >= 15 is 0 Å². The van der Waals surface area contributed by atoms with Crippen LogP contribution in [0.3, 0.4) is 0 Å². The molecule has 3 aliphatic carbocycles. The lowest BCUT2D eigenvalue weighted by Gasteiger charge is -2.56. The SMILES string of the molecule is C=C(C)OC(C)[C@H]1CCC2C3CCC(=O)[C@@](C)(CCC(C)=O)C3CCC21C. The molecule has 0 spiro atoms. The zero-order chi connectivity index (χ0) is 20.0. The lowest BCUT2D eigenvalue weighted by molar-refractivity contribution is -0.147. The molecule has 0 bridgehead atoms. The zero-order valence-corrected chi connectivity index (χ0v) is 18.0. The van der Waals surface area contributed by atoms with E-state index in [4.69, 9.17) is 4.74 Å². The summed E-state index contributed by atoms with van der Waals surface area (Å²) in [6.07, 6.45) is 8.00. The van der Waals surface area contributed by atoms with Crippen molar-refractivity contribution in [3.8, 4) is 0 Å². The molecule has 0 amide bonds. The molecule has 27 heavy (non-hydrogen) atoms. The Morgan fingerprint density at radius 2 is 1.89 bits per heavy atom. The Morgan fingerprint density at radius 1 is 1.19 bits per heavy atom. The van der Waals surface area contributed by atoms with E-state index < -0.39 is 0 Å². The maximum absolute atomic E-state index is 12.9. The van der Waals surface area contributed by atoms with Crippen molar-refractivity contribution >= 4 is 11.6 Å². The van der Waals surface area contributed by atoms with Crippen LogP contribution >= 0.6 is 0 Å². The standard InChI is InChI=1S/C24H38O3/c1-15(2)27-17(4)19-8-9-20-18-7-10-22(26)24(6,13-11-16(3)25)21(18)12-14-23(19,20)5/h17-21H,1,7-14H2,2-6H3/t17?,18?,19-,20?,21?,23?,24+/m1/s1. The molecule has 0 aromatic carbocycles. The smallest absolute Gasteiger partial charge is 0.139 e. The van der Waals surface area contributed by atoms with Gasteiger partial charge in [-0.1, -0.05) is 20.4 Å². The molecule has 0 aliphatic heterocycles. The summed E-state index contributed by atoms with van der Waals surface area (Å²) in [6, 6.07) is 0. The van der Waals surface area contributed by atoms with Crippen LogP contribution in [-0.2, 0) is 14.3 Å². The van der Waals surface area contributed by atoms with E-state index in [0.717, 1.165) is 25.0 Å². The van der Waals surface area contributed by atoms with E-state index in [1.165, 1.54) is 19.3 Å². The summed E-state index contributed by atoms with van der Waals surface area (Å²) < 4.78 is 6.02. The second-order valence-electron chi connectivity index (χ2n) is 10.2. The second-order valence-corrected chi connectivity index (χ2v) is 10.2. The third-order valence-corrected chi connectivity index (χ3v) is 8.62. The normalized spacial score (nSPS) is 42.2. The fraction of sp³-hybridized carbons (Fsp3) is 0.833. The highest BCUT2D eigenvalue weighted by Gasteiger charge is 2.60. The van der Waals surface area contributed by atoms with E-state index in [-0.39, 0.29) is 17.3 Å². The van der Waals surface area contributed by atoms with Gasteiger partial charge in [-0.2, -0.15) is 0 Å². The summed E-state index contributed by atoms with van der Waals surface area (Å²) in [7, 11) is 0. The largest absolute Gasteiger partial charge is 0.496 e. The number of fused-ring (bicyclic) bond motifs is 3. The van der Waals surface area contributed by atoms with E-state index in [0.29, 0.717) is 47.7 Å². The van der Waals surface area contributed by atoms with Crippen LogP contribution in [0.15, 0.2) is 12.3 Å². The first-order valence-corrected chi connectivity index (χ1v) is 10.9. The third kappa shape index (κ3) is 3.51. The van der Waals surface area contributed by atoms with Crippen molar-refractivity contribution in [3.05, 3.63) is 12.3 Å². The monoisotopic (exact) mass is 374 g/mol. The quantitative estimate of drug-likeness (QED) is 0.558. The fourth-order valence-electron chi connectivity index (χ4n) is 7.24. The molecule has 152 valence electrons. The van der Waals surface area contributed by atoms with Gasteiger partial charge in [0.05, 0.1) is 11.9 Å². The minimum absolute atomic E-state index is 0.207. The summed E-state index contributed by atoms with van der Waals surface area (Å²) in [5.41, 5.74) is 0.00569. The van der Waals surface area contributed by atoms with Gasteiger partial charge >= 0.3 is 0 Å². The summed E-state index contributed by atoms with van der Waals surface area (Å²) in [4.78, 5) is 24.5. The number of ether oxygens (including phenoxy) is 1. The Bertz CT molecular complexity index is 623. The van der Waals surface area contributed by atoms with Gasteiger partial charge in [0.15, 0.2) is 0 Å². The lowest BCUT2D eigenvalue weighted by atomic mass is 9.48. The Morgan fingerprint density at radius 3 is 2.52 bits per heavy atom. The number of carbonyl (C=O) groups excluding carboxylic acids is 2. The second kappa shape index (κ2) is 7.37. The first-order valence-electron chi connectivity index (χ1n) is 10.9. The van der Waals surface area contributed by atoms with Crippen LogP contribution in [-0.4, -0.2) is 17.7 Å². The zero-order valence-electron chi connectivity index (χ0n) is 18.0. The molecule has 0 heterocycles. The van der Waals surface area contributed by atoms with Gasteiger partial charge in [0, 0.05) is 24.2 Å². The molecule has 3 heteroatoms. The van der Waals surface area contributed by atoms with E-state index in [9.17, 15) is 9.59 Å². The van der Waals surface area contributed by atoms with E-state index in [2.05, 4.69) is 27.4 Å². The minimum Gasteiger partial charge on any atom is -0.496 e. The highest BCUT2D eigenvalue weighted by Crippen LogP contribution is 2.65. The Kier molecular flexibility index (Phi) is 5.62. The number of allylic oxidation sites excluding steroid dienone is 1. The third-order valence-electron chi connectivity index (χ3n) is 8.62. The minimum atomic E-state index is -0.298. The van der Waals surface area contributed by atoms with Crippen molar-refractivity contribution in [2.24, 2.45) is 34.5 Å². The molecule has 3 aliphatic rings. The molecule has 0 radical (unpaired) electrons. The first kappa shape index (κ1) is 20.6. The average Bonchev–Trinajstić information content (AvgIpc) is 2.93. The molecule has 3 fully saturated rings. The van der Waals surface area contributed by atoms with Gasteiger partial charge in [-0.3, -0.25) is 4.79 Å². The van der Waals surface area contributed by atoms with Gasteiger partial charge in [-0.05, 0) is 82.5 Å². The van der Waals surface area contributed by atoms with Crippen molar-refractivity contribution in [2.45, 2.75) is 92.1 Å². The highest BCUT2D eigenvalue weighted by atomic mass is 16.5. The van der Waals surface area contributed by atoms with Gasteiger partial charge in [0.1, 0.15) is 11.6 Å². The molecule has 0 aromatic heterocycles. The number of Topliss-reactive ketones (excluding diaryl/α,β-unsaturated/α-hetero) is 2. The molecule has 3 nitrogen and oxygen atoms in total. The van der Waals surface area contributed by atoms with Crippen molar-refractivity contribution in [1.82, 2.24) is 0 Å². The van der Waals surface area contributed by atoms with Gasteiger partial charge in [-0.15, -0.1) is 0 Å². The Hall–Kier alpha value is -1.12. The number of hydrogen-bond donors (Lipinski definition) is 0. The fourth-order valence-corrected chi connectivity index (χ4v) is 7.24. The number of ketones is 2. The van der Waals surface area contributed by atoms with Gasteiger partial charge in [0.2, 0.25) is 0 Å². The summed E-state index contributed by atoms with van der Waals surface area (Å²) in [5.74, 6) is 3.75. The number of rotatable bonds is 6. The predicted molar refractivity (Wildman–Crippen MR) is 108 cm³/mol. The van der Waals surface area contributed by atoms with Crippen LogP contribution in [0.5, 0.6) is 0 Å². The first-order chi connectivity index (χ1) is 12.6. The molecular weight excluding hydrogens is 336 g/mol. The van der Waals surface area contributed by atoms with Crippen LogP contribution < -0.4 is 0 Å². The van der Waals surface area contributed by atoms with Crippen LogP contribution in [0, 0.1) is 34.5 Å². The highest BCUT2D eigenvalue weighted by molar-refractivity contribution is 5.86. The van der Waals surface area contributed by atoms with Gasteiger partial charge in [-0.25, -0.2) is 0 Å². The predicted octanol–water partition coefficient (Wildman–Crippen LogP) is 5.72. The van der Waals surface area contributed by atoms with Crippen LogP contribution in [0.1, 0.15) is 86.0 Å². The average molecular weight is 375 g/mol. The number of hydrogen-bond acceptors (Lipinski definition) is 3. The summed E-state index contributed by atoms with van der Waals surface area (Å²) in [5, 5.41) is 0. The molecule has 0 N–H and O–H groups in total. The summed E-state index contributed by atoms with van der Waals surface area (Å²) >= 11 is 0. The molecule has 5 unspecified atom stereocenters. The van der Waals surface area contributed by atoms with Crippen molar-refractivity contribution < 1.29 is 14.3 Å². The summed E-state index contributed by atoms with van der Waals surface area (Å²) in [6.45, 7) is 14.4. The van der Waals surface area contributed by atoms with Crippen molar-refractivity contribution in [3.63, 3.8) is 0 Å². The van der Waals surface area contributed by atoms with Crippen molar-refractivity contribution in [2.75, 3.05) is 0 Å². The lowest BCUT2D eigenvalue weighted by Crippen LogP contribution is -2.53. The topological polar surface area (TPSA) is 43.4 Å². The maximum atomic E-state index is 12.9. The van der Waals surface area contributed by atoms with Gasteiger partial charge < -0.3 is 9.53 Å². The molecule has 0 aromatic rings. The maximum Gasteiger partial charge on any atom is 0.139 e. The molecule has 7 atom stereocenters. The number of carbonyl (C=O) groups is 2. The molecule has 3 rings (SSSR count). The van der Waals surface area contributed by atoms with Crippen LogP contribution in [0.25, 0.3) is 0 Å². The Labute approximate surface area is 165 Å². The van der Waals surface area contributed by atoms with E-state index in [1.807, 2.05) is 6.92 Å². The molecular formula is C24H38O3. The van der Waals surface area contributed by atoms with Crippen molar-refractivity contribution in [1.29, 1.82) is 0 Å². The Balaban J connectivity index is 1.82. The van der Waals surface area contributed by atoms with E-state index in [1.54, 1.807) is 6.92 Å². The molecule has 3 saturated carbocycles.